The third-order valence-corrected chi connectivity index (χ3v) is 5.29. The van der Waals surface area contributed by atoms with Crippen LogP contribution in [0.4, 0.5) is 5.69 Å². The van der Waals surface area contributed by atoms with E-state index in [0.717, 1.165) is 38.8 Å². The van der Waals surface area contributed by atoms with Gasteiger partial charge in [0, 0.05) is 44.3 Å². The van der Waals surface area contributed by atoms with Crippen LogP contribution in [0, 0.1) is 5.41 Å². The minimum absolute atomic E-state index is 0.206. The topological polar surface area (TPSA) is 40.1 Å². The molecule has 3 rings (SSSR count). The summed E-state index contributed by atoms with van der Waals surface area (Å²) >= 11 is 0. The zero-order chi connectivity index (χ0) is 18.4. The third-order valence-electron chi connectivity index (χ3n) is 5.29. The van der Waals surface area contributed by atoms with Crippen molar-refractivity contribution >= 4 is 11.6 Å². The van der Waals surface area contributed by atoms with Gasteiger partial charge in [-0.2, -0.15) is 0 Å². The Balaban J connectivity index is 1.59. The Labute approximate surface area is 158 Å². The molecule has 0 radical (unpaired) electrons. The molecule has 2 saturated heterocycles. The normalized spacial score (nSPS) is 19.8. The highest BCUT2D eigenvalue weighted by Crippen LogP contribution is 2.26. The Bertz CT molecular complexity index is 589. The Morgan fingerprint density at radius 3 is 2.46 bits per heavy atom. The van der Waals surface area contributed by atoms with Crippen LogP contribution in [0.5, 0.6) is 0 Å². The van der Waals surface area contributed by atoms with Gasteiger partial charge in [-0.05, 0) is 43.9 Å². The zero-order valence-corrected chi connectivity index (χ0v) is 16.6. The van der Waals surface area contributed by atoms with E-state index in [1.54, 1.807) is 0 Å². The molecule has 0 aliphatic carbocycles. The van der Waals surface area contributed by atoms with Crippen LogP contribution in [-0.2, 0) is 11.3 Å². The number of ether oxygens (including phenoxy) is 1. The van der Waals surface area contributed by atoms with Crippen LogP contribution in [0.1, 0.15) is 38.7 Å². The summed E-state index contributed by atoms with van der Waals surface area (Å²) in [6.07, 6.45) is 4.00. The van der Waals surface area contributed by atoms with Crippen LogP contribution in [0.15, 0.2) is 29.3 Å². The smallest absolute Gasteiger partial charge is 0.193 e. The van der Waals surface area contributed by atoms with Crippen molar-refractivity contribution in [3.63, 3.8) is 0 Å². The minimum atomic E-state index is 0.206. The molecule has 1 aromatic carbocycles. The second-order valence-electron chi connectivity index (χ2n) is 8.04. The molecule has 0 unspecified atom stereocenters. The van der Waals surface area contributed by atoms with Gasteiger partial charge in [-0.1, -0.05) is 19.1 Å². The second kappa shape index (κ2) is 8.76. The lowest BCUT2D eigenvalue weighted by Gasteiger charge is -2.37. The number of nitrogens with zero attached hydrogens (tertiary/aromatic N) is 3. The van der Waals surface area contributed by atoms with E-state index in [0.29, 0.717) is 0 Å². The fourth-order valence-electron chi connectivity index (χ4n) is 3.59. The van der Waals surface area contributed by atoms with E-state index in [-0.39, 0.29) is 5.41 Å². The van der Waals surface area contributed by atoms with Crippen molar-refractivity contribution in [2.75, 3.05) is 51.3 Å². The quantitative estimate of drug-likeness (QED) is 0.627. The summed E-state index contributed by atoms with van der Waals surface area (Å²) in [5, 5.41) is 3.41. The lowest BCUT2D eigenvalue weighted by Crippen LogP contribution is -2.44. The van der Waals surface area contributed by atoms with Crippen LogP contribution in [-0.4, -0.2) is 57.3 Å². The highest BCUT2D eigenvalue weighted by molar-refractivity contribution is 5.79. The van der Waals surface area contributed by atoms with E-state index in [4.69, 9.17) is 9.73 Å². The molecule has 0 amide bonds. The summed E-state index contributed by atoms with van der Waals surface area (Å²) in [4.78, 5) is 9.55. The maximum absolute atomic E-state index is 5.34. The molecule has 0 aromatic heterocycles. The van der Waals surface area contributed by atoms with Gasteiger partial charge in [0.15, 0.2) is 5.96 Å². The number of benzene rings is 1. The summed E-state index contributed by atoms with van der Waals surface area (Å²) in [6.45, 7) is 10.9. The van der Waals surface area contributed by atoms with Crippen molar-refractivity contribution in [2.24, 2.45) is 10.4 Å². The van der Waals surface area contributed by atoms with E-state index in [1.165, 1.54) is 43.6 Å². The molecule has 2 aliphatic heterocycles. The van der Waals surface area contributed by atoms with Gasteiger partial charge in [0.25, 0.3) is 0 Å². The minimum Gasteiger partial charge on any atom is -0.380 e. The average molecular weight is 359 g/mol. The predicted molar refractivity (Wildman–Crippen MR) is 109 cm³/mol. The molecule has 5 nitrogen and oxygen atoms in total. The van der Waals surface area contributed by atoms with Gasteiger partial charge < -0.3 is 19.9 Å². The van der Waals surface area contributed by atoms with Gasteiger partial charge in [-0.3, -0.25) is 4.99 Å². The molecular weight excluding hydrogens is 324 g/mol. The molecule has 2 heterocycles. The zero-order valence-electron chi connectivity index (χ0n) is 16.6. The summed E-state index contributed by atoms with van der Waals surface area (Å²) in [5.74, 6) is 0.973. The highest BCUT2D eigenvalue weighted by Gasteiger charge is 2.33. The number of hydrogen-bond donors (Lipinski definition) is 1. The van der Waals surface area contributed by atoms with Crippen molar-refractivity contribution in [1.29, 1.82) is 0 Å². The fraction of sp³-hybridized carbons (Fsp3) is 0.667. The Morgan fingerprint density at radius 2 is 1.88 bits per heavy atom. The first kappa shape index (κ1) is 19.0. The molecule has 2 aliphatic rings. The number of anilines is 1. The molecule has 5 heteroatoms. The highest BCUT2D eigenvalue weighted by atomic mass is 16.5. The number of hydrogen-bond acceptors (Lipinski definition) is 3. The van der Waals surface area contributed by atoms with Gasteiger partial charge in [0.2, 0.25) is 0 Å². The summed E-state index contributed by atoms with van der Waals surface area (Å²) in [6, 6.07) is 9.05. The number of piperidine rings is 1. The molecule has 0 spiro atoms. The van der Waals surface area contributed by atoms with Crippen LogP contribution in [0.3, 0.4) is 0 Å². The van der Waals surface area contributed by atoms with Crippen molar-refractivity contribution in [3.05, 3.63) is 29.8 Å². The van der Waals surface area contributed by atoms with Crippen LogP contribution < -0.4 is 10.2 Å². The first-order valence-corrected chi connectivity index (χ1v) is 10.0. The van der Waals surface area contributed by atoms with E-state index in [2.05, 4.69) is 60.3 Å². The summed E-state index contributed by atoms with van der Waals surface area (Å²) < 4.78 is 5.34. The Morgan fingerprint density at radius 1 is 1.19 bits per heavy atom. The number of guanidine groups is 1. The molecule has 1 aromatic rings. The number of rotatable bonds is 6. The molecule has 0 saturated carbocycles. The van der Waals surface area contributed by atoms with Gasteiger partial charge >= 0.3 is 0 Å². The third kappa shape index (κ3) is 4.91. The van der Waals surface area contributed by atoms with Crippen molar-refractivity contribution < 1.29 is 4.74 Å². The molecule has 2 fully saturated rings. The van der Waals surface area contributed by atoms with Crippen LogP contribution >= 0.6 is 0 Å². The average Bonchev–Trinajstić information content (AvgIpc) is 2.65. The second-order valence-corrected chi connectivity index (χ2v) is 8.04. The predicted octanol–water partition coefficient (Wildman–Crippen LogP) is 3.11. The molecule has 144 valence electrons. The molecule has 0 atom stereocenters. The van der Waals surface area contributed by atoms with Gasteiger partial charge in [0.05, 0.1) is 19.8 Å². The molecule has 1 N–H and O–H groups in total. The maximum atomic E-state index is 5.34. The Kier molecular flexibility index (Phi) is 6.41. The van der Waals surface area contributed by atoms with E-state index >= 15 is 0 Å². The van der Waals surface area contributed by atoms with Crippen molar-refractivity contribution in [3.8, 4) is 0 Å². The fourth-order valence-corrected chi connectivity index (χ4v) is 3.59. The summed E-state index contributed by atoms with van der Waals surface area (Å²) in [5.41, 5.74) is 2.88. The van der Waals surface area contributed by atoms with E-state index < -0.39 is 0 Å². The van der Waals surface area contributed by atoms with Crippen molar-refractivity contribution in [1.82, 2.24) is 10.2 Å². The molecule has 26 heavy (non-hydrogen) atoms. The van der Waals surface area contributed by atoms with E-state index in [1.807, 2.05) is 0 Å². The lowest BCUT2D eigenvalue weighted by atomic mass is 9.89. The number of nitrogens with one attached hydrogen (secondary N) is 1. The van der Waals surface area contributed by atoms with Crippen molar-refractivity contribution in [2.45, 2.75) is 39.7 Å². The standard InChI is InChI=1S/C21H34N4O/c1-4-22-20(23-15-21(2)16-26-17-21)24(3)14-18-8-10-19(11-9-18)25-12-6-5-7-13-25/h8-11H,4-7,12-17H2,1-3H3,(H,22,23). The summed E-state index contributed by atoms with van der Waals surface area (Å²) in [7, 11) is 2.11. The van der Waals surface area contributed by atoms with Crippen LogP contribution in [0.25, 0.3) is 0 Å². The Hall–Kier alpha value is -1.75. The first-order valence-electron chi connectivity index (χ1n) is 10.0. The first-order chi connectivity index (χ1) is 12.6. The van der Waals surface area contributed by atoms with Gasteiger partial charge in [-0.25, -0.2) is 0 Å². The van der Waals surface area contributed by atoms with Gasteiger partial charge in [0.1, 0.15) is 0 Å². The maximum Gasteiger partial charge on any atom is 0.193 e. The van der Waals surface area contributed by atoms with E-state index in [9.17, 15) is 0 Å². The molecular formula is C21H34N4O. The molecule has 0 bridgehead atoms. The van der Waals surface area contributed by atoms with Gasteiger partial charge in [-0.15, -0.1) is 0 Å². The largest absolute Gasteiger partial charge is 0.380 e. The van der Waals surface area contributed by atoms with Crippen LogP contribution in [0.2, 0.25) is 0 Å². The SMILES string of the molecule is CCNC(=NCC1(C)COC1)N(C)Cc1ccc(N2CCCCC2)cc1. The monoisotopic (exact) mass is 358 g/mol. The number of aliphatic imine (C=N–C) groups is 1. The lowest BCUT2D eigenvalue weighted by molar-refractivity contribution is -0.0946.